The minimum atomic E-state index is -0.505. The SMILES string of the molecule is COC(=O)N[C@H]1CC[C@H](Oc2ncc3ncnc(Nc4ccc(F)c(Cl)c4)c3n2)CC1. The largest absolute Gasteiger partial charge is 0.460 e. The standard InChI is InChI=1S/C20H20ClFN6O3/c1-30-20(29)27-11-2-5-13(6-3-11)31-19-23-9-16-17(28-19)18(25-10-24-16)26-12-4-7-15(22)14(21)8-12/h4,7-11,13H,2-3,5-6H2,1H3,(H,27,29)(H,24,25,26)/t11-,13-. The van der Waals surface area contributed by atoms with Gasteiger partial charge in [0.05, 0.1) is 18.3 Å². The van der Waals surface area contributed by atoms with Gasteiger partial charge in [-0.25, -0.2) is 24.1 Å². The number of amides is 1. The summed E-state index contributed by atoms with van der Waals surface area (Å²) >= 11 is 5.85. The van der Waals surface area contributed by atoms with Crippen LogP contribution in [0.4, 0.5) is 20.7 Å². The lowest BCUT2D eigenvalue weighted by atomic mass is 9.93. The van der Waals surface area contributed by atoms with Crippen LogP contribution in [-0.2, 0) is 4.74 Å². The van der Waals surface area contributed by atoms with Gasteiger partial charge in [0.2, 0.25) is 0 Å². The number of nitrogens with one attached hydrogen (secondary N) is 2. The molecule has 1 fully saturated rings. The number of rotatable bonds is 5. The molecular formula is C20H20ClFN6O3. The van der Waals surface area contributed by atoms with E-state index in [2.05, 4.69) is 35.3 Å². The molecule has 0 radical (unpaired) electrons. The predicted octanol–water partition coefficient (Wildman–Crippen LogP) is 4.00. The van der Waals surface area contributed by atoms with Gasteiger partial charge in [-0.1, -0.05) is 11.6 Å². The van der Waals surface area contributed by atoms with E-state index in [1.165, 1.54) is 25.6 Å². The van der Waals surface area contributed by atoms with Crippen molar-refractivity contribution in [1.82, 2.24) is 25.3 Å². The molecule has 0 bridgehead atoms. The zero-order valence-electron chi connectivity index (χ0n) is 16.6. The van der Waals surface area contributed by atoms with Gasteiger partial charge >= 0.3 is 12.1 Å². The summed E-state index contributed by atoms with van der Waals surface area (Å²) in [5.74, 6) is -0.0832. The molecule has 0 unspecified atom stereocenters. The Balaban J connectivity index is 1.47. The maximum atomic E-state index is 13.4. The number of benzene rings is 1. The molecular weight excluding hydrogens is 427 g/mol. The Hall–Kier alpha value is -3.27. The summed E-state index contributed by atoms with van der Waals surface area (Å²) in [6, 6.07) is 4.56. The molecule has 1 aliphatic rings. The Morgan fingerprint density at radius 2 is 2.00 bits per heavy atom. The van der Waals surface area contributed by atoms with Crippen molar-refractivity contribution in [2.75, 3.05) is 12.4 Å². The van der Waals surface area contributed by atoms with Crippen molar-refractivity contribution < 1.29 is 18.7 Å². The van der Waals surface area contributed by atoms with E-state index in [1.54, 1.807) is 12.3 Å². The van der Waals surface area contributed by atoms with Crippen LogP contribution in [0.1, 0.15) is 25.7 Å². The molecule has 0 atom stereocenters. The van der Waals surface area contributed by atoms with Crippen molar-refractivity contribution in [3.05, 3.63) is 41.6 Å². The Bertz CT molecular complexity index is 1090. The molecule has 0 aliphatic heterocycles. The Kier molecular flexibility index (Phi) is 6.26. The Morgan fingerprint density at radius 3 is 2.74 bits per heavy atom. The molecule has 4 rings (SSSR count). The average molecular weight is 447 g/mol. The van der Waals surface area contributed by atoms with Crippen LogP contribution in [0.5, 0.6) is 6.01 Å². The molecule has 3 aromatic rings. The Labute approximate surface area is 182 Å². The van der Waals surface area contributed by atoms with E-state index in [0.29, 0.717) is 22.5 Å². The third-order valence-electron chi connectivity index (χ3n) is 4.99. The van der Waals surface area contributed by atoms with Gasteiger partial charge in [0.25, 0.3) is 0 Å². The van der Waals surface area contributed by atoms with Crippen molar-refractivity contribution in [2.45, 2.75) is 37.8 Å². The van der Waals surface area contributed by atoms with Gasteiger partial charge in [-0.3, -0.25) is 0 Å². The highest BCUT2D eigenvalue weighted by atomic mass is 35.5. The highest BCUT2D eigenvalue weighted by Crippen LogP contribution is 2.27. The molecule has 1 aromatic carbocycles. The number of halogens is 2. The number of anilines is 2. The fourth-order valence-electron chi connectivity index (χ4n) is 3.40. The van der Waals surface area contributed by atoms with Crippen LogP contribution >= 0.6 is 11.6 Å². The number of hydrogen-bond donors (Lipinski definition) is 2. The lowest BCUT2D eigenvalue weighted by Crippen LogP contribution is -2.39. The van der Waals surface area contributed by atoms with E-state index in [4.69, 9.17) is 16.3 Å². The zero-order valence-corrected chi connectivity index (χ0v) is 17.4. The van der Waals surface area contributed by atoms with Gasteiger partial charge in [0.15, 0.2) is 5.82 Å². The van der Waals surface area contributed by atoms with Crippen molar-refractivity contribution >= 4 is 40.2 Å². The van der Waals surface area contributed by atoms with Crippen LogP contribution < -0.4 is 15.4 Å². The van der Waals surface area contributed by atoms with Gasteiger partial charge in [0.1, 0.15) is 29.3 Å². The predicted molar refractivity (Wildman–Crippen MR) is 112 cm³/mol. The molecule has 2 aromatic heterocycles. The lowest BCUT2D eigenvalue weighted by molar-refractivity contribution is 0.121. The highest BCUT2D eigenvalue weighted by Gasteiger charge is 2.24. The number of nitrogens with zero attached hydrogens (tertiary/aromatic N) is 4. The third kappa shape index (κ3) is 5.08. The van der Waals surface area contributed by atoms with Crippen LogP contribution in [0.15, 0.2) is 30.7 Å². The number of methoxy groups -OCH3 is 1. The van der Waals surface area contributed by atoms with E-state index < -0.39 is 11.9 Å². The number of hydrogen-bond acceptors (Lipinski definition) is 8. The monoisotopic (exact) mass is 446 g/mol. The van der Waals surface area contributed by atoms with E-state index in [1.807, 2.05) is 0 Å². The van der Waals surface area contributed by atoms with E-state index in [-0.39, 0.29) is 23.2 Å². The van der Waals surface area contributed by atoms with Crippen molar-refractivity contribution in [3.8, 4) is 6.01 Å². The average Bonchev–Trinajstić information content (AvgIpc) is 2.78. The molecule has 31 heavy (non-hydrogen) atoms. The topological polar surface area (TPSA) is 111 Å². The maximum Gasteiger partial charge on any atom is 0.407 e. The zero-order chi connectivity index (χ0) is 21.8. The second-order valence-corrected chi connectivity index (χ2v) is 7.50. The molecule has 9 nitrogen and oxygen atoms in total. The smallest absolute Gasteiger partial charge is 0.407 e. The molecule has 11 heteroatoms. The summed E-state index contributed by atoms with van der Waals surface area (Å²) in [7, 11) is 1.35. The first kappa shape index (κ1) is 21.0. The number of aromatic nitrogens is 4. The van der Waals surface area contributed by atoms with Crippen LogP contribution in [0, 0.1) is 5.82 Å². The summed E-state index contributed by atoms with van der Waals surface area (Å²) in [6.45, 7) is 0. The molecule has 1 aliphatic carbocycles. The third-order valence-corrected chi connectivity index (χ3v) is 5.28. The second kappa shape index (κ2) is 9.25. The summed E-state index contributed by atoms with van der Waals surface area (Å²) in [5.41, 5.74) is 1.56. The normalized spacial score (nSPS) is 18.4. The van der Waals surface area contributed by atoms with Gasteiger partial charge in [-0.15, -0.1) is 0 Å². The van der Waals surface area contributed by atoms with Gasteiger partial charge < -0.3 is 20.1 Å². The number of carbonyl (C=O) groups is 1. The highest BCUT2D eigenvalue weighted by molar-refractivity contribution is 6.31. The van der Waals surface area contributed by atoms with Gasteiger partial charge in [-0.05, 0) is 43.9 Å². The van der Waals surface area contributed by atoms with Crippen molar-refractivity contribution in [2.24, 2.45) is 0 Å². The minimum Gasteiger partial charge on any atom is -0.460 e. The number of alkyl carbamates (subject to hydrolysis) is 1. The quantitative estimate of drug-likeness (QED) is 0.604. The second-order valence-electron chi connectivity index (χ2n) is 7.09. The Morgan fingerprint density at radius 1 is 1.19 bits per heavy atom. The first-order chi connectivity index (χ1) is 15.0. The van der Waals surface area contributed by atoms with Crippen LogP contribution in [0.25, 0.3) is 11.0 Å². The summed E-state index contributed by atoms with van der Waals surface area (Å²) in [4.78, 5) is 28.5. The molecule has 1 saturated carbocycles. The minimum absolute atomic E-state index is 0.000647. The number of fused-ring (bicyclic) bond motifs is 1. The molecule has 1 amide bonds. The lowest BCUT2D eigenvalue weighted by Gasteiger charge is -2.28. The maximum absolute atomic E-state index is 13.4. The van der Waals surface area contributed by atoms with E-state index >= 15 is 0 Å². The van der Waals surface area contributed by atoms with E-state index in [9.17, 15) is 9.18 Å². The molecule has 0 spiro atoms. The first-order valence-corrected chi connectivity index (χ1v) is 10.1. The first-order valence-electron chi connectivity index (χ1n) is 9.73. The van der Waals surface area contributed by atoms with Gasteiger partial charge in [0, 0.05) is 11.7 Å². The van der Waals surface area contributed by atoms with Gasteiger partial charge in [-0.2, -0.15) is 4.98 Å². The summed E-state index contributed by atoms with van der Waals surface area (Å²) in [5, 5.41) is 5.88. The fraction of sp³-hybridized carbons (Fsp3) is 0.350. The molecule has 2 N–H and O–H groups in total. The number of ether oxygens (including phenoxy) is 2. The van der Waals surface area contributed by atoms with Crippen LogP contribution in [-0.4, -0.2) is 45.3 Å². The van der Waals surface area contributed by atoms with Crippen LogP contribution in [0.3, 0.4) is 0 Å². The van der Waals surface area contributed by atoms with Crippen molar-refractivity contribution in [3.63, 3.8) is 0 Å². The molecule has 0 saturated heterocycles. The number of carbonyl (C=O) groups excluding carboxylic acids is 1. The summed E-state index contributed by atoms with van der Waals surface area (Å²) in [6.07, 6.45) is 5.50. The van der Waals surface area contributed by atoms with Crippen molar-refractivity contribution in [1.29, 1.82) is 0 Å². The summed E-state index contributed by atoms with van der Waals surface area (Å²) < 4.78 is 24.0. The van der Waals surface area contributed by atoms with E-state index in [0.717, 1.165) is 25.7 Å². The molecule has 162 valence electrons. The molecule has 2 heterocycles. The van der Waals surface area contributed by atoms with Crippen LogP contribution in [0.2, 0.25) is 5.02 Å². The fourth-order valence-corrected chi connectivity index (χ4v) is 3.58.